The van der Waals surface area contributed by atoms with Gasteiger partial charge in [0.05, 0.1) is 0 Å². The molecule has 0 radical (unpaired) electrons. The van der Waals surface area contributed by atoms with Gasteiger partial charge >= 0.3 is 0 Å². The molecule has 1 amide bonds. The van der Waals surface area contributed by atoms with Crippen LogP contribution in [0.3, 0.4) is 0 Å². The quantitative estimate of drug-likeness (QED) is 0.605. The van der Waals surface area contributed by atoms with E-state index in [0.717, 1.165) is 19.0 Å². The number of rotatable bonds is 7. The number of carbonyl (C=O) groups excluding carboxylic acids is 1. The Morgan fingerprint density at radius 3 is 2.86 bits per heavy atom. The third kappa shape index (κ3) is 4.09. The lowest BCUT2D eigenvalue weighted by molar-refractivity contribution is -0.121. The van der Waals surface area contributed by atoms with E-state index in [-0.39, 0.29) is 5.91 Å². The smallest absolute Gasteiger partial charge is 0.221 e. The van der Waals surface area contributed by atoms with Crippen LogP contribution >= 0.6 is 0 Å². The van der Waals surface area contributed by atoms with Gasteiger partial charge in [-0.05, 0) is 25.3 Å². The maximum atomic E-state index is 11.4. The van der Waals surface area contributed by atoms with Crippen molar-refractivity contribution in [3.63, 3.8) is 0 Å². The second-order valence-corrected chi connectivity index (χ2v) is 4.06. The molecule has 0 aromatic rings. The number of hydrogen-bond donors (Lipinski definition) is 2. The normalized spacial score (nSPS) is 24.7. The molecule has 1 rings (SSSR count). The van der Waals surface area contributed by atoms with E-state index in [9.17, 15) is 4.79 Å². The van der Waals surface area contributed by atoms with Crippen molar-refractivity contribution in [2.24, 2.45) is 5.92 Å². The fourth-order valence-corrected chi connectivity index (χ4v) is 1.77. The lowest BCUT2D eigenvalue weighted by Crippen LogP contribution is -2.30. The summed E-state index contributed by atoms with van der Waals surface area (Å²) in [6.45, 7) is 5.99. The molecule has 0 aliphatic heterocycles. The van der Waals surface area contributed by atoms with E-state index in [1.165, 1.54) is 19.3 Å². The van der Waals surface area contributed by atoms with Gasteiger partial charge in [-0.1, -0.05) is 20.3 Å². The Morgan fingerprint density at radius 2 is 2.21 bits per heavy atom. The molecule has 0 heterocycles. The Kier molecular flexibility index (Phi) is 4.94. The molecule has 82 valence electrons. The van der Waals surface area contributed by atoms with Crippen LogP contribution in [0.1, 0.15) is 39.5 Å². The number of hydrogen-bond acceptors (Lipinski definition) is 2. The van der Waals surface area contributed by atoms with Gasteiger partial charge in [0.15, 0.2) is 0 Å². The van der Waals surface area contributed by atoms with Crippen molar-refractivity contribution >= 4 is 5.91 Å². The largest absolute Gasteiger partial charge is 0.353 e. The van der Waals surface area contributed by atoms with Crippen LogP contribution in [0.4, 0.5) is 0 Å². The fraction of sp³-hybridized carbons (Fsp3) is 0.909. The topological polar surface area (TPSA) is 41.1 Å². The monoisotopic (exact) mass is 198 g/mol. The molecule has 1 fully saturated rings. The third-order valence-electron chi connectivity index (χ3n) is 2.71. The van der Waals surface area contributed by atoms with E-state index < -0.39 is 0 Å². The lowest BCUT2D eigenvalue weighted by Gasteiger charge is -2.04. The maximum Gasteiger partial charge on any atom is 0.221 e. The van der Waals surface area contributed by atoms with E-state index in [0.29, 0.717) is 12.5 Å². The van der Waals surface area contributed by atoms with Gasteiger partial charge in [0.1, 0.15) is 0 Å². The summed E-state index contributed by atoms with van der Waals surface area (Å²) < 4.78 is 0. The molecule has 2 unspecified atom stereocenters. The average molecular weight is 198 g/mol. The van der Waals surface area contributed by atoms with Crippen LogP contribution in [0.15, 0.2) is 0 Å². The number of amides is 1. The van der Waals surface area contributed by atoms with Gasteiger partial charge in [0.25, 0.3) is 0 Å². The molecule has 3 nitrogen and oxygen atoms in total. The molecule has 0 bridgehead atoms. The molecule has 14 heavy (non-hydrogen) atoms. The minimum absolute atomic E-state index is 0.203. The van der Waals surface area contributed by atoms with Crippen molar-refractivity contribution in [2.45, 2.75) is 45.6 Å². The second-order valence-electron chi connectivity index (χ2n) is 4.06. The Labute approximate surface area is 86.6 Å². The van der Waals surface area contributed by atoms with Crippen LogP contribution in [0.25, 0.3) is 0 Å². The minimum atomic E-state index is 0.203. The number of nitrogens with one attached hydrogen (secondary N) is 2. The molecule has 2 N–H and O–H groups in total. The molecule has 0 spiro atoms. The van der Waals surface area contributed by atoms with Gasteiger partial charge in [0, 0.05) is 19.0 Å². The Hall–Kier alpha value is -0.570. The van der Waals surface area contributed by atoms with Crippen molar-refractivity contribution in [1.29, 1.82) is 0 Å². The predicted molar refractivity (Wildman–Crippen MR) is 58.1 cm³/mol. The fourth-order valence-electron chi connectivity index (χ4n) is 1.77. The first-order chi connectivity index (χ1) is 6.77. The first kappa shape index (κ1) is 11.5. The summed E-state index contributed by atoms with van der Waals surface area (Å²) in [5.41, 5.74) is 0. The van der Waals surface area contributed by atoms with Gasteiger partial charge in [0.2, 0.25) is 5.91 Å². The first-order valence-corrected chi connectivity index (χ1v) is 5.78. The molecule has 0 aromatic heterocycles. The van der Waals surface area contributed by atoms with Crippen molar-refractivity contribution < 1.29 is 4.79 Å². The minimum Gasteiger partial charge on any atom is -0.353 e. The Balaban J connectivity index is 1.99. The van der Waals surface area contributed by atoms with Gasteiger partial charge in [-0.3, -0.25) is 4.79 Å². The molecular weight excluding hydrogens is 176 g/mol. The molecular formula is C11H22N2O. The average Bonchev–Trinajstić information content (AvgIpc) is 2.85. The van der Waals surface area contributed by atoms with Crippen molar-refractivity contribution in [1.82, 2.24) is 10.6 Å². The first-order valence-electron chi connectivity index (χ1n) is 5.78. The Morgan fingerprint density at radius 1 is 1.43 bits per heavy atom. The zero-order valence-corrected chi connectivity index (χ0v) is 9.31. The van der Waals surface area contributed by atoms with Gasteiger partial charge < -0.3 is 10.6 Å². The predicted octanol–water partition coefficient (Wildman–Crippen LogP) is 1.29. The van der Waals surface area contributed by atoms with Crippen LogP contribution in [0.5, 0.6) is 0 Å². The second kappa shape index (κ2) is 6.02. The summed E-state index contributed by atoms with van der Waals surface area (Å²) in [6, 6.07) is 0.490. The number of carbonyl (C=O) groups is 1. The molecule has 2 atom stereocenters. The standard InChI is InChI=1S/C11H22N2O/c1-3-5-9-8-10(9)13-11(14)6-7-12-4-2/h9-10,12H,3-8H2,1-2H3,(H,13,14). The highest BCUT2D eigenvalue weighted by Gasteiger charge is 2.36. The van der Waals surface area contributed by atoms with E-state index in [1.807, 2.05) is 0 Å². The summed E-state index contributed by atoms with van der Waals surface area (Å²) in [5, 5.41) is 6.22. The van der Waals surface area contributed by atoms with Crippen LogP contribution in [-0.4, -0.2) is 25.0 Å². The van der Waals surface area contributed by atoms with E-state index >= 15 is 0 Å². The summed E-state index contributed by atoms with van der Waals surface area (Å²) in [4.78, 5) is 11.4. The van der Waals surface area contributed by atoms with Gasteiger partial charge in [-0.15, -0.1) is 0 Å². The highest BCUT2D eigenvalue weighted by atomic mass is 16.1. The van der Waals surface area contributed by atoms with Crippen LogP contribution in [-0.2, 0) is 4.79 Å². The SMILES string of the molecule is CCCC1CC1NC(=O)CCNCC. The van der Waals surface area contributed by atoms with E-state index in [2.05, 4.69) is 24.5 Å². The van der Waals surface area contributed by atoms with Crippen molar-refractivity contribution in [3.8, 4) is 0 Å². The van der Waals surface area contributed by atoms with Crippen molar-refractivity contribution in [2.75, 3.05) is 13.1 Å². The van der Waals surface area contributed by atoms with Crippen LogP contribution in [0, 0.1) is 5.92 Å². The molecule has 3 heteroatoms. The summed E-state index contributed by atoms with van der Waals surface area (Å²) in [6.07, 6.45) is 4.30. The summed E-state index contributed by atoms with van der Waals surface area (Å²) >= 11 is 0. The zero-order chi connectivity index (χ0) is 10.4. The highest BCUT2D eigenvalue weighted by molar-refractivity contribution is 5.76. The van der Waals surface area contributed by atoms with Crippen LogP contribution in [0.2, 0.25) is 0 Å². The lowest BCUT2D eigenvalue weighted by atomic mass is 10.2. The van der Waals surface area contributed by atoms with E-state index in [1.54, 1.807) is 0 Å². The van der Waals surface area contributed by atoms with Crippen molar-refractivity contribution in [3.05, 3.63) is 0 Å². The Bertz CT molecular complexity index is 182. The molecule has 1 saturated carbocycles. The highest BCUT2D eigenvalue weighted by Crippen LogP contribution is 2.34. The zero-order valence-electron chi connectivity index (χ0n) is 9.31. The van der Waals surface area contributed by atoms with Gasteiger partial charge in [-0.25, -0.2) is 0 Å². The molecule has 0 aromatic carbocycles. The summed E-state index contributed by atoms with van der Waals surface area (Å²) in [5.74, 6) is 0.970. The molecule has 1 aliphatic carbocycles. The van der Waals surface area contributed by atoms with Gasteiger partial charge in [-0.2, -0.15) is 0 Å². The maximum absolute atomic E-state index is 11.4. The summed E-state index contributed by atoms with van der Waals surface area (Å²) in [7, 11) is 0. The van der Waals surface area contributed by atoms with Crippen LogP contribution < -0.4 is 10.6 Å². The third-order valence-corrected chi connectivity index (χ3v) is 2.71. The molecule has 0 saturated heterocycles. The van der Waals surface area contributed by atoms with E-state index in [4.69, 9.17) is 0 Å². The molecule has 1 aliphatic rings.